The van der Waals surface area contributed by atoms with Crippen LogP contribution in [0.3, 0.4) is 0 Å². The average Bonchev–Trinajstić information content (AvgIpc) is 2.96. The molecule has 0 bridgehead atoms. The Bertz CT molecular complexity index is 1020. The maximum atomic E-state index is 17.2. The monoisotopic (exact) mass is 476 g/mol. The van der Waals surface area contributed by atoms with Gasteiger partial charge in [0, 0.05) is 29.1 Å². The van der Waals surface area contributed by atoms with Crippen molar-refractivity contribution >= 4 is 23.5 Å². The minimum atomic E-state index is -2.12. The van der Waals surface area contributed by atoms with Crippen molar-refractivity contribution in [1.29, 1.82) is 0 Å². The fraction of sp³-hybridized carbons (Fsp3) is 0.692. The van der Waals surface area contributed by atoms with Gasteiger partial charge in [-0.1, -0.05) is 32.4 Å². The highest BCUT2D eigenvalue weighted by atomic mass is 19.1. The molecular formula is C26H33FO7. The highest BCUT2D eigenvalue weighted by Gasteiger charge is 2.78. The number of aliphatic carboxylic acids is 1. The third-order valence-corrected chi connectivity index (χ3v) is 9.44. The highest BCUT2D eigenvalue weighted by molar-refractivity contribution is 6.36. The van der Waals surface area contributed by atoms with Gasteiger partial charge in [-0.15, -0.1) is 0 Å². The van der Waals surface area contributed by atoms with Crippen LogP contribution in [0.25, 0.3) is 0 Å². The summed E-state index contributed by atoms with van der Waals surface area (Å²) in [6, 6.07) is 0. The molecule has 7 nitrogen and oxygen atoms in total. The van der Waals surface area contributed by atoms with Gasteiger partial charge in [-0.05, 0) is 57.1 Å². The number of hydrogen-bond donors (Lipinski definition) is 2. The zero-order chi connectivity index (χ0) is 25.3. The van der Waals surface area contributed by atoms with E-state index in [-0.39, 0.29) is 25.0 Å². The van der Waals surface area contributed by atoms with Crippen LogP contribution in [0.15, 0.2) is 23.8 Å². The summed E-state index contributed by atoms with van der Waals surface area (Å²) in [5.41, 5.74) is -5.94. The molecule has 0 aromatic heterocycles. The third-order valence-electron chi connectivity index (χ3n) is 9.44. The van der Waals surface area contributed by atoms with E-state index in [1.165, 1.54) is 18.2 Å². The molecule has 4 aliphatic rings. The number of aliphatic hydroxyl groups excluding tert-OH is 1. The van der Waals surface area contributed by atoms with E-state index in [1.54, 1.807) is 27.7 Å². The molecule has 3 fully saturated rings. The van der Waals surface area contributed by atoms with Crippen molar-refractivity contribution in [2.75, 3.05) is 0 Å². The Morgan fingerprint density at radius 3 is 2.53 bits per heavy atom. The normalized spacial score (nSPS) is 45.0. The molecule has 0 saturated heterocycles. The molecule has 34 heavy (non-hydrogen) atoms. The maximum Gasteiger partial charge on any atom is 0.376 e. The van der Waals surface area contributed by atoms with E-state index >= 15 is 4.39 Å². The molecule has 2 N–H and O–H groups in total. The molecule has 0 radical (unpaired) electrons. The number of hydrogen-bond acceptors (Lipinski definition) is 6. The van der Waals surface area contributed by atoms with E-state index in [0.29, 0.717) is 24.8 Å². The van der Waals surface area contributed by atoms with Crippen molar-refractivity contribution in [3.05, 3.63) is 23.8 Å². The average molecular weight is 477 g/mol. The van der Waals surface area contributed by atoms with Gasteiger partial charge in [0.25, 0.3) is 5.78 Å². The molecule has 4 rings (SSSR count). The molecule has 4 aliphatic carbocycles. The van der Waals surface area contributed by atoms with Gasteiger partial charge < -0.3 is 14.9 Å². The first-order chi connectivity index (χ1) is 15.8. The fourth-order valence-electron chi connectivity index (χ4n) is 7.87. The maximum absolute atomic E-state index is 17.2. The van der Waals surface area contributed by atoms with E-state index in [2.05, 4.69) is 0 Å². The van der Waals surface area contributed by atoms with Crippen molar-refractivity contribution < 1.29 is 38.5 Å². The second-order valence-corrected chi connectivity index (χ2v) is 11.0. The summed E-state index contributed by atoms with van der Waals surface area (Å²) in [6.45, 7) is 6.80. The van der Waals surface area contributed by atoms with Crippen molar-refractivity contribution in [2.24, 2.45) is 28.6 Å². The number of ketones is 2. The van der Waals surface area contributed by atoms with Gasteiger partial charge in [-0.25, -0.2) is 9.18 Å². The first-order valence-electron chi connectivity index (χ1n) is 12.1. The Labute approximate surface area is 198 Å². The molecule has 186 valence electrons. The standard InChI is InChI=1S/C26H33FO7/c1-5-6-20(30)34-26(21(31)22(32)33)14(2)11-18-17-8-7-15-12-16(28)9-10-23(15,3)25(17,27)19(29)13-24(18,26)4/h9-10,12,14,17-19,29H,5-8,11,13H2,1-4H3,(H,32,33)/t14-,17-,18-,19-,23-,24-,25-,26-/m0/s1. The molecule has 3 saturated carbocycles. The first kappa shape index (κ1) is 24.8. The molecule has 0 aromatic carbocycles. The van der Waals surface area contributed by atoms with Gasteiger partial charge in [0.15, 0.2) is 17.1 Å². The lowest BCUT2D eigenvalue weighted by Gasteiger charge is -2.62. The summed E-state index contributed by atoms with van der Waals surface area (Å²) >= 11 is 0. The van der Waals surface area contributed by atoms with Gasteiger partial charge in [-0.2, -0.15) is 0 Å². The predicted molar refractivity (Wildman–Crippen MR) is 119 cm³/mol. The minimum Gasteiger partial charge on any atom is -0.475 e. The number of carboxylic acids is 1. The van der Waals surface area contributed by atoms with Crippen LogP contribution in [0.4, 0.5) is 4.39 Å². The number of rotatable bonds is 5. The van der Waals surface area contributed by atoms with Gasteiger partial charge in [-0.3, -0.25) is 14.4 Å². The molecule has 0 spiro atoms. The highest BCUT2D eigenvalue weighted by Crippen LogP contribution is 2.71. The van der Waals surface area contributed by atoms with E-state index in [1.807, 2.05) is 0 Å². The van der Waals surface area contributed by atoms with Crippen LogP contribution in [0, 0.1) is 28.6 Å². The number of carbonyl (C=O) groups is 4. The van der Waals surface area contributed by atoms with Crippen molar-refractivity contribution in [1.82, 2.24) is 0 Å². The zero-order valence-electron chi connectivity index (χ0n) is 20.1. The number of Topliss-reactive ketones (excluding diaryl/α,β-unsaturated/α-hetero) is 1. The Kier molecular flexibility index (Phi) is 5.71. The number of ether oxygens (including phenoxy) is 1. The number of halogens is 1. The van der Waals surface area contributed by atoms with Crippen molar-refractivity contribution in [3.8, 4) is 0 Å². The van der Waals surface area contributed by atoms with Gasteiger partial charge in [0.05, 0.1) is 6.10 Å². The quantitative estimate of drug-likeness (QED) is 0.462. The molecule has 0 unspecified atom stereocenters. The Balaban J connectivity index is 1.85. The van der Waals surface area contributed by atoms with Crippen LogP contribution < -0.4 is 0 Å². The smallest absolute Gasteiger partial charge is 0.376 e. The molecule has 0 aliphatic heterocycles. The number of carboxylic acid groups (broad SMARTS) is 1. The second kappa shape index (κ2) is 7.83. The van der Waals surface area contributed by atoms with E-state index in [9.17, 15) is 29.4 Å². The number of fused-ring (bicyclic) bond motifs is 5. The lowest BCUT2D eigenvalue weighted by Crippen LogP contribution is -2.70. The minimum absolute atomic E-state index is 0.0200. The molecule has 0 aromatic rings. The van der Waals surface area contributed by atoms with E-state index in [0.717, 1.165) is 0 Å². The second-order valence-electron chi connectivity index (χ2n) is 11.0. The summed E-state index contributed by atoms with van der Waals surface area (Å²) in [5, 5.41) is 21.1. The van der Waals surface area contributed by atoms with Crippen LogP contribution in [0.1, 0.15) is 66.2 Å². The number of esters is 1. The van der Waals surface area contributed by atoms with Crippen LogP contribution in [0.5, 0.6) is 0 Å². The van der Waals surface area contributed by atoms with Crippen LogP contribution in [0.2, 0.25) is 0 Å². The predicted octanol–water partition coefficient (Wildman–Crippen LogP) is 3.34. The number of aliphatic hydroxyl groups is 1. The van der Waals surface area contributed by atoms with Gasteiger partial charge >= 0.3 is 11.9 Å². The Hall–Kier alpha value is -2.35. The molecule has 8 heteroatoms. The number of allylic oxidation sites excluding steroid dienone is 4. The molecule has 8 atom stereocenters. The Morgan fingerprint density at radius 1 is 1.24 bits per heavy atom. The van der Waals surface area contributed by atoms with Crippen LogP contribution in [-0.4, -0.2) is 51.1 Å². The summed E-state index contributed by atoms with van der Waals surface area (Å²) in [7, 11) is 0. The number of carbonyl (C=O) groups excluding carboxylic acids is 3. The Morgan fingerprint density at radius 2 is 1.91 bits per heavy atom. The van der Waals surface area contributed by atoms with Crippen LogP contribution in [-0.2, 0) is 23.9 Å². The number of alkyl halides is 1. The SMILES string of the molecule is CCCC(=O)O[C@]1(C(=O)C(=O)O)[C@@H](C)C[C@H]2[C@@H]3CCC4=CC(=O)C=C[C@]4(C)[C@@]3(F)[C@@H](O)C[C@@]21C. The van der Waals surface area contributed by atoms with Crippen molar-refractivity contribution in [3.63, 3.8) is 0 Å². The summed E-state index contributed by atoms with van der Waals surface area (Å²) < 4.78 is 23.0. The van der Waals surface area contributed by atoms with Crippen LogP contribution >= 0.6 is 0 Å². The van der Waals surface area contributed by atoms with E-state index in [4.69, 9.17) is 4.74 Å². The summed E-state index contributed by atoms with van der Waals surface area (Å²) in [6.07, 6.45) is 4.08. The third kappa shape index (κ3) is 2.90. The lowest BCUT2D eigenvalue weighted by molar-refractivity contribution is -0.228. The fourth-order valence-corrected chi connectivity index (χ4v) is 7.87. The zero-order valence-corrected chi connectivity index (χ0v) is 20.1. The lowest BCUT2D eigenvalue weighted by atomic mass is 9.44. The topological polar surface area (TPSA) is 118 Å². The molecule has 0 amide bonds. The summed E-state index contributed by atoms with van der Waals surface area (Å²) in [5.74, 6) is -5.71. The van der Waals surface area contributed by atoms with Gasteiger partial charge in [0.2, 0.25) is 0 Å². The molecule has 0 heterocycles. The first-order valence-corrected chi connectivity index (χ1v) is 12.1. The molecular weight excluding hydrogens is 443 g/mol. The van der Waals surface area contributed by atoms with Crippen molar-refractivity contribution in [2.45, 2.75) is 83.6 Å². The van der Waals surface area contributed by atoms with Gasteiger partial charge in [0.1, 0.15) is 0 Å². The largest absolute Gasteiger partial charge is 0.475 e. The van der Waals surface area contributed by atoms with E-state index < -0.39 is 63.7 Å². The summed E-state index contributed by atoms with van der Waals surface area (Å²) in [4.78, 5) is 49.8.